The van der Waals surface area contributed by atoms with Crippen LogP contribution in [-0.2, 0) is 0 Å². The molecular weight excluding hydrogens is 1680 g/mol. The minimum absolute atomic E-state index is 0.649. The molecule has 25 rings (SSSR count). The Bertz CT molecular complexity index is 7950. The van der Waals surface area contributed by atoms with Gasteiger partial charge in [0.25, 0.3) is 25.3 Å². The van der Waals surface area contributed by atoms with Crippen LogP contribution in [-0.4, -0.2) is 28.2 Å². The van der Waals surface area contributed by atoms with Crippen molar-refractivity contribution in [2.24, 2.45) is 0 Å². The molecule has 138 heavy (non-hydrogen) atoms. The van der Waals surface area contributed by atoms with E-state index in [1.807, 2.05) is 18.5 Å². The van der Waals surface area contributed by atoms with Gasteiger partial charge >= 0.3 is 0 Å². The van der Waals surface area contributed by atoms with Crippen LogP contribution < -0.4 is 18.3 Å². The molecule has 5 aromatic heterocycles. The third-order valence-electron chi connectivity index (χ3n) is 26.6. The summed E-state index contributed by atoms with van der Waals surface area (Å²) in [5.74, 6) is 0.649. The van der Waals surface area contributed by atoms with Gasteiger partial charge in [-0.15, -0.1) is 0 Å². The van der Waals surface area contributed by atoms with E-state index in [-0.39, 0.29) is 0 Å². The average Bonchev–Trinajstić information content (AvgIpc) is 1.75. The van der Waals surface area contributed by atoms with Crippen molar-refractivity contribution in [3.8, 4) is 179 Å². The van der Waals surface area contributed by atoms with E-state index in [1.165, 1.54) is 0 Å². The van der Waals surface area contributed by atoms with Crippen LogP contribution in [0.25, 0.3) is 223 Å². The molecule has 25 aromatic rings. The van der Waals surface area contributed by atoms with Crippen molar-refractivity contribution in [1.82, 2.24) is 28.2 Å². The minimum Gasteiger partial charge on any atom is -0.292 e. The molecule has 0 spiro atoms. The Kier molecular flexibility index (Phi) is 20.7. The fourth-order valence-electron chi connectivity index (χ4n) is 20.0. The molecule has 0 aliphatic heterocycles. The lowest BCUT2D eigenvalue weighted by molar-refractivity contribution is -0.572. The highest BCUT2D eigenvalue weighted by molar-refractivity contribution is 6.02. The highest BCUT2D eigenvalue weighted by atomic mass is 15.2. The van der Waals surface area contributed by atoms with E-state index < -0.39 is 0 Å². The summed E-state index contributed by atoms with van der Waals surface area (Å²) in [6.07, 6.45) is 18.5. The van der Waals surface area contributed by atoms with Crippen LogP contribution in [0.3, 0.4) is 0 Å². The van der Waals surface area contributed by atoms with Crippen LogP contribution in [0.2, 0.25) is 0 Å². The standard InChI is InChI=1S/C128H84N10/c1-5-31-101(32-6-1)131-85-135(123-53-25-21-49-119(123)131)105-69-61-89(62-70-105)109-39-13-17-43-113(109)95-79-96(114-44-18-14-40-110(114)90-63-71-106(72-64-90)136-86-132(102-33-7-2-8-34-102)120-50-22-26-54-124(120)136)82-99(81-95)117-47-29-48-118(127(117)93-57-59-94(60-58-93)128-129-77-30-78-130-128)100-83-97(115-45-19-15-41-111(115)91-65-73-107(74-66-91)137-87-133(103-35-9-3-10-36-103)121-51-23-27-55-125(121)137)80-98(84-100)116-46-20-16-42-112(116)92-67-75-108(76-68-92)138-88-134(104-37-11-4-12-38-104)122-52-24-28-56-126(122)138/h1-84H. The zero-order valence-electron chi connectivity index (χ0n) is 75.0. The Morgan fingerprint density at radius 3 is 0.623 bits per heavy atom. The molecule has 0 aliphatic rings. The van der Waals surface area contributed by atoms with Gasteiger partial charge in [0.05, 0.1) is 89.6 Å². The molecule has 646 valence electrons. The van der Waals surface area contributed by atoms with Crippen LogP contribution in [0.4, 0.5) is 0 Å². The predicted octanol–water partition coefficient (Wildman–Crippen LogP) is 28.6. The highest BCUT2D eigenvalue weighted by Crippen LogP contribution is 2.49. The van der Waals surface area contributed by atoms with Gasteiger partial charge in [-0.25, -0.2) is 9.97 Å². The van der Waals surface area contributed by atoms with E-state index >= 15 is 0 Å². The van der Waals surface area contributed by atoms with Gasteiger partial charge in [-0.2, -0.15) is 0 Å². The summed E-state index contributed by atoms with van der Waals surface area (Å²) in [6.45, 7) is 0. The molecule has 0 saturated carbocycles. The lowest BCUT2D eigenvalue weighted by Crippen LogP contribution is -2.29. The quantitative estimate of drug-likeness (QED) is 0.0564. The Hall–Kier alpha value is -18.6. The molecule has 5 heterocycles. The zero-order chi connectivity index (χ0) is 91.4. The lowest BCUT2D eigenvalue weighted by atomic mass is 9.82. The summed E-state index contributed by atoms with van der Waals surface area (Å²) < 4.78 is 17.3. The first kappa shape index (κ1) is 81.4. The fourth-order valence-corrected chi connectivity index (χ4v) is 20.0. The van der Waals surface area contributed by atoms with Gasteiger partial charge < -0.3 is 0 Å². The van der Waals surface area contributed by atoms with Crippen molar-refractivity contribution in [3.05, 3.63) is 535 Å². The van der Waals surface area contributed by atoms with E-state index in [9.17, 15) is 0 Å². The molecule has 0 bridgehead atoms. The van der Waals surface area contributed by atoms with E-state index in [2.05, 4.69) is 553 Å². The summed E-state index contributed by atoms with van der Waals surface area (Å²) in [7, 11) is 0. The molecule has 0 amide bonds. The number of para-hydroxylation sites is 12. The summed E-state index contributed by atoms with van der Waals surface area (Å²) in [4.78, 5) is 9.58. The number of nitrogens with zero attached hydrogens (tertiary/aromatic N) is 10. The molecule has 0 N–H and O–H groups in total. The van der Waals surface area contributed by atoms with Gasteiger partial charge in [0, 0.05) is 18.0 Å². The second-order valence-electron chi connectivity index (χ2n) is 34.7. The summed E-state index contributed by atoms with van der Waals surface area (Å²) in [5.41, 5.74) is 41.1. The van der Waals surface area contributed by atoms with Gasteiger partial charge in [0.15, 0.2) is 5.82 Å². The second kappa shape index (κ2) is 35.1. The van der Waals surface area contributed by atoms with Crippen molar-refractivity contribution in [1.29, 1.82) is 0 Å². The van der Waals surface area contributed by atoms with Crippen LogP contribution in [0.15, 0.2) is 510 Å². The molecule has 20 aromatic carbocycles. The van der Waals surface area contributed by atoms with Crippen molar-refractivity contribution in [2.75, 3.05) is 0 Å². The first-order chi connectivity index (χ1) is 68.4. The largest absolute Gasteiger partial charge is 0.292 e. The van der Waals surface area contributed by atoms with Gasteiger partial charge in [0.2, 0.25) is 0 Å². The van der Waals surface area contributed by atoms with E-state index in [0.717, 1.165) is 218 Å². The normalized spacial score (nSPS) is 11.5. The third-order valence-corrected chi connectivity index (χ3v) is 26.6. The number of aromatic nitrogens is 10. The molecule has 0 unspecified atom stereocenters. The van der Waals surface area contributed by atoms with Crippen molar-refractivity contribution >= 4 is 44.1 Å². The Balaban J connectivity index is 0.678. The van der Waals surface area contributed by atoms with Crippen molar-refractivity contribution in [2.45, 2.75) is 0 Å². The second-order valence-corrected chi connectivity index (χ2v) is 34.7. The monoisotopic (exact) mass is 1760 g/mol. The lowest BCUT2D eigenvalue weighted by Gasteiger charge is -2.21. The predicted molar refractivity (Wildman–Crippen MR) is 556 cm³/mol. The van der Waals surface area contributed by atoms with Gasteiger partial charge in [0.1, 0.15) is 0 Å². The van der Waals surface area contributed by atoms with Crippen LogP contribution >= 0.6 is 0 Å². The molecule has 0 radical (unpaired) electrons. The maximum atomic E-state index is 4.79. The molecule has 0 aliphatic carbocycles. The van der Waals surface area contributed by atoms with Gasteiger partial charge in [-0.1, -0.05) is 358 Å². The number of imidazole rings is 4. The van der Waals surface area contributed by atoms with Crippen LogP contribution in [0.5, 0.6) is 0 Å². The van der Waals surface area contributed by atoms with E-state index in [1.54, 1.807) is 0 Å². The summed E-state index contributed by atoms with van der Waals surface area (Å²) >= 11 is 0. The van der Waals surface area contributed by atoms with Crippen molar-refractivity contribution in [3.63, 3.8) is 0 Å². The number of rotatable bonds is 20. The third kappa shape index (κ3) is 15.0. The fraction of sp³-hybridized carbons (Fsp3) is 0. The van der Waals surface area contributed by atoms with Crippen LogP contribution in [0.1, 0.15) is 0 Å². The number of fused-ring (bicyclic) bond motifs is 4. The topological polar surface area (TPSA) is 61.0 Å². The first-order valence-electron chi connectivity index (χ1n) is 46.6. The smallest absolute Gasteiger partial charge is 0.269 e. The maximum Gasteiger partial charge on any atom is 0.269 e. The summed E-state index contributed by atoms with van der Waals surface area (Å²) in [6, 6.07) is 180. The SMILES string of the molecule is [c-]1n(-c2ccc(-c3ccccc3-c3cc(-c4ccccc4-c4ccc(-n5[c-][n+](-c6ccccc6)c6ccccc65)cc4)cc(-c4cccc(-c5cc(-c6ccccc6-c6ccc(-n7[c-][n+](-c8ccccc8)c8ccccc87)cc6)cc(-c6ccccc6-c6ccc(-n7[c-][n+](-c8ccccc8)c8ccccc87)cc6)c5)c4-c4ccc(-c5ncccn5)cc4)c3)cc2)c2ccccc2[n+]1-c1ccccc1. The number of hydrogen-bond acceptors (Lipinski definition) is 2. The Morgan fingerprint density at radius 2 is 0.362 bits per heavy atom. The van der Waals surface area contributed by atoms with E-state index in [0.29, 0.717) is 5.82 Å². The number of hydrogen-bond donors (Lipinski definition) is 0. The van der Waals surface area contributed by atoms with Gasteiger partial charge in [-0.3, -0.25) is 36.5 Å². The molecule has 0 saturated heterocycles. The minimum atomic E-state index is 0.649. The van der Waals surface area contributed by atoms with Crippen molar-refractivity contribution < 1.29 is 18.3 Å². The Labute approximate surface area is 799 Å². The molecule has 0 atom stereocenters. The van der Waals surface area contributed by atoms with E-state index in [4.69, 9.17) is 9.97 Å². The zero-order valence-corrected chi connectivity index (χ0v) is 75.0. The molecule has 10 heteroatoms. The maximum absolute atomic E-state index is 4.79. The average molecular weight is 1760 g/mol. The first-order valence-corrected chi connectivity index (χ1v) is 46.6. The van der Waals surface area contributed by atoms with Crippen LogP contribution in [0, 0.1) is 25.3 Å². The van der Waals surface area contributed by atoms with Gasteiger partial charge in [-0.05, 0) is 262 Å². The number of benzene rings is 20. The molecule has 10 nitrogen and oxygen atoms in total. The Morgan fingerprint density at radius 1 is 0.159 bits per heavy atom. The highest BCUT2D eigenvalue weighted by Gasteiger charge is 2.25. The molecular formula is C128H84N10. The molecule has 0 fully saturated rings. The summed E-state index contributed by atoms with van der Waals surface area (Å²) in [5, 5.41) is 0.